The topological polar surface area (TPSA) is 41.1 Å². The molecule has 0 fully saturated rings. The molecule has 4 heteroatoms. The summed E-state index contributed by atoms with van der Waals surface area (Å²) in [7, 11) is 1.88. The van der Waals surface area contributed by atoms with Gasteiger partial charge in [0, 0.05) is 17.6 Å². The fourth-order valence-corrected chi connectivity index (χ4v) is 2.40. The first-order valence-corrected chi connectivity index (χ1v) is 7.42. The molecule has 106 valence electrons. The second kappa shape index (κ2) is 7.65. The molecule has 1 rings (SSSR count). The normalized spacial score (nSPS) is 12.5. The van der Waals surface area contributed by atoms with Crippen LogP contribution in [0, 0.1) is 18.8 Å². The molecule has 0 saturated heterocycles. The number of aryl methyl sites for hydroxylation is 1. The highest BCUT2D eigenvalue weighted by Crippen LogP contribution is 2.16. The lowest BCUT2D eigenvalue weighted by Gasteiger charge is -2.20. The van der Waals surface area contributed by atoms with Crippen molar-refractivity contribution in [1.29, 1.82) is 0 Å². The first-order valence-electron chi connectivity index (χ1n) is 6.63. The van der Waals surface area contributed by atoms with Crippen molar-refractivity contribution in [3.8, 4) is 0 Å². The Bertz CT molecular complexity index is 432. The Hall–Kier alpha value is -0.870. The van der Waals surface area contributed by atoms with Crippen LogP contribution in [0.25, 0.3) is 0 Å². The van der Waals surface area contributed by atoms with Crippen molar-refractivity contribution in [3.05, 3.63) is 33.8 Å². The van der Waals surface area contributed by atoms with E-state index in [0.717, 1.165) is 10.0 Å². The van der Waals surface area contributed by atoms with Gasteiger partial charge < -0.3 is 10.6 Å². The van der Waals surface area contributed by atoms with Gasteiger partial charge in [-0.05, 0) is 43.1 Å². The van der Waals surface area contributed by atoms with Crippen LogP contribution in [-0.4, -0.2) is 19.5 Å². The Labute approximate surface area is 124 Å². The van der Waals surface area contributed by atoms with Gasteiger partial charge in [-0.1, -0.05) is 35.8 Å². The van der Waals surface area contributed by atoms with Gasteiger partial charge in [0.25, 0.3) is 0 Å². The number of carbonyl (C=O) groups is 1. The molecular weight excluding hydrogens is 304 g/mol. The third kappa shape index (κ3) is 4.96. The van der Waals surface area contributed by atoms with Gasteiger partial charge in [0.15, 0.2) is 0 Å². The molecule has 0 bridgehead atoms. The molecule has 0 aliphatic carbocycles. The summed E-state index contributed by atoms with van der Waals surface area (Å²) in [6, 6.07) is 6.12. The number of amides is 1. The maximum Gasteiger partial charge on any atom is 0.224 e. The zero-order valence-electron chi connectivity index (χ0n) is 12.1. The summed E-state index contributed by atoms with van der Waals surface area (Å²) in [5.74, 6) is 0.456. The molecule has 3 nitrogen and oxygen atoms in total. The van der Waals surface area contributed by atoms with E-state index >= 15 is 0 Å². The molecule has 0 aliphatic heterocycles. The highest BCUT2D eigenvalue weighted by molar-refractivity contribution is 9.10. The minimum Gasteiger partial charge on any atom is -0.352 e. The monoisotopic (exact) mass is 326 g/mol. The van der Waals surface area contributed by atoms with E-state index in [-0.39, 0.29) is 11.8 Å². The molecular formula is C15H23BrN2O. The minimum atomic E-state index is 0.0115. The zero-order valence-corrected chi connectivity index (χ0v) is 13.7. The number of rotatable bonds is 6. The van der Waals surface area contributed by atoms with Crippen LogP contribution in [0.2, 0.25) is 0 Å². The lowest BCUT2D eigenvalue weighted by molar-refractivity contribution is -0.126. The molecule has 19 heavy (non-hydrogen) atoms. The smallest absolute Gasteiger partial charge is 0.224 e. The van der Waals surface area contributed by atoms with Gasteiger partial charge in [-0.25, -0.2) is 0 Å². The molecule has 1 amide bonds. The summed E-state index contributed by atoms with van der Waals surface area (Å²) in [5.41, 5.74) is 2.34. The van der Waals surface area contributed by atoms with Crippen LogP contribution < -0.4 is 10.6 Å². The number of benzene rings is 1. The average molecular weight is 327 g/mol. The van der Waals surface area contributed by atoms with Gasteiger partial charge >= 0.3 is 0 Å². The van der Waals surface area contributed by atoms with Crippen molar-refractivity contribution < 1.29 is 4.79 Å². The Morgan fingerprint density at radius 1 is 1.37 bits per heavy atom. The number of hydrogen-bond donors (Lipinski definition) is 2. The fraction of sp³-hybridized carbons (Fsp3) is 0.533. The molecule has 1 aromatic rings. The Morgan fingerprint density at radius 2 is 2.05 bits per heavy atom. The van der Waals surface area contributed by atoms with E-state index in [0.29, 0.717) is 19.0 Å². The van der Waals surface area contributed by atoms with Crippen LogP contribution in [0.5, 0.6) is 0 Å². The van der Waals surface area contributed by atoms with Crippen LogP contribution >= 0.6 is 15.9 Å². The van der Waals surface area contributed by atoms with Gasteiger partial charge in [0.2, 0.25) is 5.91 Å². The Morgan fingerprint density at radius 3 is 2.63 bits per heavy atom. The first-order chi connectivity index (χ1) is 8.95. The average Bonchev–Trinajstić information content (AvgIpc) is 2.36. The molecule has 0 heterocycles. The summed E-state index contributed by atoms with van der Waals surface area (Å²) in [5, 5.41) is 6.11. The molecule has 0 saturated carbocycles. The van der Waals surface area contributed by atoms with E-state index in [4.69, 9.17) is 0 Å². The predicted octanol–water partition coefficient (Wildman–Crippen LogP) is 2.87. The van der Waals surface area contributed by atoms with Crippen molar-refractivity contribution >= 4 is 21.8 Å². The Kier molecular flexibility index (Phi) is 6.52. The van der Waals surface area contributed by atoms with Gasteiger partial charge in [-0.3, -0.25) is 4.79 Å². The first kappa shape index (κ1) is 16.2. The molecule has 0 aromatic heterocycles. The van der Waals surface area contributed by atoms with Gasteiger partial charge in [0.1, 0.15) is 0 Å². The van der Waals surface area contributed by atoms with Crippen molar-refractivity contribution in [2.24, 2.45) is 11.8 Å². The second-order valence-electron chi connectivity index (χ2n) is 5.20. The van der Waals surface area contributed by atoms with Crippen LogP contribution in [0.3, 0.4) is 0 Å². The van der Waals surface area contributed by atoms with E-state index in [1.54, 1.807) is 0 Å². The van der Waals surface area contributed by atoms with E-state index in [1.165, 1.54) is 5.56 Å². The van der Waals surface area contributed by atoms with Crippen molar-refractivity contribution in [1.82, 2.24) is 10.6 Å². The molecule has 1 unspecified atom stereocenters. The van der Waals surface area contributed by atoms with Crippen molar-refractivity contribution in [2.45, 2.75) is 27.3 Å². The standard InChI is InChI=1S/C15H23BrN2O/c1-10(2)14(9-17-4)15(19)18-8-12-7-13(16)6-5-11(12)3/h5-7,10,14,17H,8-9H2,1-4H3,(H,18,19). The quantitative estimate of drug-likeness (QED) is 0.844. The number of halogens is 1. The summed E-state index contributed by atoms with van der Waals surface area (Å²) in [6.07, 6.45) is 0. The van der Waals surface area contributed by atoms with Gasteiger partial charge in [0.05, 0.1) is 5.92 Å². The lowest BCUT2D eigenvalue weighted by Crippen LogP contribution is -2.38. The largest absolute Gasteiger partial charge is 0.352 e. The molecule has 1 atom stereocenters. The van der Waals surface area contributed by atoms with Crippen LogP contribution in [0.1, 0.15) is 25.0 Å². The zero-order chi connectivity index (χ0) is 14.4. The van der Waals surface area contributed by atoms with Gasteiger partial charge in [-0.2, -0.15) is 0 Å². The molecule has 0 aliphatic rings. The lowest BCUT2D eigenvalue weighted by atomic mass is 9.94. The van der Waals surface area contributed by atoms with E-state index in [2.05, 4.69) is 59.5 Å². The van der Waals surface area contributed by atoms with Crippen molar-refractivity contribution in [3.63, 3.8) is 0 Å². The summed E-state index contributed by atoms with van der Waals surface area (Å²) in [4.78, 5) is 12.2. The second-order valence-corrected chi connectivity index (χ2v) is 6.11. The number of hydrogen-bond acceptors (Lipinski definition) is 2. The van der Waals surface area contributed by atoms with Crippen LogP contribution in [0.4, 0.5) is 0 Å². The maximum absolute atomic E-state index is 12.2. The van der Waals surface area contributed by atoms with Crippen LogP contribution in [-0.2, 0) is 11.3 Å². The Balaban J connectivity index is 2.64. The minimum absolute atomic E-state index is 0.0115. The highest BCUT2D eigenvalue weighted by atomic mass is 79.9. The highest BCUT2D eigenvalue weighted by Gasteiger charge is 2.20. The third-order valence-corrected chi connectivity index (χ3v) is 3.82. The third-order valence-electron chi connectivity index (χ3n) is 3.33. The summed E-state index contributed by atoms with van der Waals surface area (Å²) < 4.78 is 1.04. The SMILES string of the molecule is CNCC(C(=O)NCc1cc(Br)ccc1C)C(C)C. The summed E-state index contributed by atoms with van der Waals surface area (Å²) >= 11 is 3.46. The van der Waals surface area contributed by atoms with E-state index < -0.39 is 0 Å². The molecule has 0 radical (unpaired) electrons. The van der Waals surface area contributed by atoms with E-state index in [1.807, 2.05) is 13.1 Å². The van der Waals surface area contributed by atoms with Gasteiger partial charge in [-0.15, -0.1) is 0 Å². The summed E-state index contributed by atoms with van der Waals surface area (Å²) in [6.45, 7) is 7.50. The fourth-order valence-electron chi connectivity index (χ4n) is 1.99. The predicted molar refractivity (Wildman–Crippen MR) is 83.0 cm³/mol. The molecule has 1 aromatic carbocycles. The van der Waals surface area contributed by atoms with E-state index in [9.17, 15) is 4.79 Å². The number of carbonyl (C=O) groups excluding carboxylic acids is 1. The maximum atomic E-state index is 12.2. The number of nitrogens with one attached hydrogen (secondary N) is 2. The molecule has 2 N–H and O–H groups in total. The molecule has 0 spiro atoms. The van der Waals surface area contributed by atoms with Crippen LogP contribution in [0.15, 0.2) is 22.7 Å². The van der Waals surface area contributed by atoms with Crippen molar-refractivity contribution in [2.75, 3.05) is 13.6 Å².